The van der Waals surface area contributed by atoms with Crippen LogP contribution in [0.5, 0.6) is 0 Å². The van der Waals surface area contributed by atoms with Gasteiger partial charge in [-0.25, -0.2) is 17.9 Å². The summed E-state index contributed by atoms with van der Waals surface area (Å²) in [7, 11) is -3.88. The summed E-state index contributed by atoms with van der Waals surface area (Å²) in [6.07, 6.45) is 0. The molecular formula is C13H11ClN4O2S. The Kier molecular flexibility index (Phi) is 3.18. The third-order valence-electron chi connectivity index (χ3n) is 2.97. The van der Waals surface area contributed by atoms with Gasteiger partial charge in [0.1, 0.15) is 0 Å². The van der Waals surface area contributed by atoms with Gasteiger partial charge >= 0.3 is 0 Å². The molecule has 3 rings (SSSR count). The second-order valence-electron chi connectivity index (χ2n) is 4.58. The third-order valence-corrected chi connectivity index (χ3v) is 5.00. The molecule has 21 heavy (non-hydrogen) atoms. The van der Waals surface area contributed by atoms with Crippen molar-refractivity contribution in [3.05, 3.63) is 46.7 Å². The average molecular weight is 323 g/mol. The minimum atomic E-state index is -3.88. The molecule has 0 spiro atoms. The van der Waals surface area contributed by atoms with E-state index in [2.05, 4.69) is 15.1 Å². The summed E-state index contributed by atoms with van der Waals surface area (Å²) in [6.45, 7) is 3.62. The molecule has 0 atom stereocenters. The number of fused-ring (bicyclic) bond motifs is 1. The van der Waals surface area contributed by atoms with Gasteiger partial charge in [0.2, 0.25) is 9.84 Å². The second-order valence-corrected chi connectivity index (χ2v) is 6.80. The summed E-state index contributed by atoms with van der Waals surface area (Å²) in [5.74, 6) is 0.248. The van der Waals surface area contributed by atoms with E-state index in [1.54, 1.807) is 18.2 Å². The second kappa shape index (κ2) is 4.78. The zero-order valence-electron chi connectivity index (χ0n) is 11.3. The number of hydrogen-bond acceptors (Lipinski definition) is 5. The Balaban J connectivity index is 2.25. The molecule has 0 aliphatic carbocycles. The number of aryl methyl sites for hydroxylation is 2. The van der Waals surface area contributed by atoms with E-state index in [4.69, 9.17) is 11.6 Å². The van der Waals surface area contributed by atoms with Crippen LogP contribution >= 0.6 is 11.6 Å². The van der Waals surface area contributed by atoms with Crippen LogP contribution in [0, 0.1) is 13.8 Å². The van der Waals surface area contributed by atoms with Crippen LogP contribution in [0.1, 0.15) is 11.4 Å². The van der Waals surface area contributed by atoms with Crippen molar-refractivity contribution in [3.63, 3.8) is 0 Å². The van der Waals surface area contributed by atoms with Crippen molar-refractivity contribution < 1.29 is 8.42 Å². The van der Waals surface area contributed by atoms with Crippen LogP contribution in [0.2, 0.25) is 5.02 Å². The summed E-state index contributed by atoms with van der Waals surface area (Å²) < 4.78 is 26.5. The highest BCUT2D eigenvalue weighted by Crippen LogP contribution is 2.25. The molecule has 0 radical (unpaired) electrons. The van der Waals surface area contributed by atoms with Crippen molar-refractivity contribution in [3.8, 4) is 0 Å². The Labute approximate surface area is 126 Å². The highest BCUT2D eigenvalue weighted by Gasteiger charge is 2.26. The summed E-state index contributed by atoms with van der Waals surface area (Å²) in [5, 5.41) is 3.87. The molecule has 0 saturated heterocycles. The molecule has 2 heterocycles. The van der Waals surface area contributed by atoms with E-state index in [9.17, 15) is 8.42 Å². The molecule has 108 valence electrons. The van der Waals surface area contributed by atoms with Crippen molar-refractivity contribution in [2.75, 3.05) is 0 Å². The monoisotopic (exact) mass is 322 g/mol. The maximum absolute atomic E-state index is 12.6. The predicted octanol–water partition coefficient (Wildman–Crippen LogP) is 2.23. The lowest BCUT2D eigenvalue weighted by Gasteiger charge is -2.01. The molecule has 0 bridgehead atoms. The summed E-state index contributed by atoms with van der Waals surface area (Å²) in [5.41, 5.74) is 1.50. The van der Waals surface area contributed by atoms with Crippen LogP contribution in [-0.4, -0.2) is 28.0 Å². The highest BCUT2D eigenvalue weighted by atomic mass is 35.5. The molecule has 0 aliphatic rings. The topological polar surface area (TPSA) is 77.2 Å². The standard InChI is InChI=1S/C13H11ClN4O2S/c1-8-7-9(2)18-12(15-8)16-13(17-18)21(19,20)11-6-4-3-5-10(11)14/h3-7H,1-2H3. The van der Waals surface area contributed by atoms with E-state index >= 15 is 0 Å². The smallest absolute Gasteiger partial charge is 0.216 e. The van der Waals surface area contributed by atoms with Crippen molar-refractivity contribution in [2.24, 2.45) is 0 Å². The molecule has 8 heteroatoms. The van der Waals surface area contributed by atoms with Crippen LogP contribution in [0.15, 0.2) is 40.4 Å². The van der Waals surface area contributed by atoms with E-state index in [1.165, 1.54) is 16.6 Å². The lowest BCUT2D eigenvalue weighted by Crippen LogP contribution is -2.05. The average Bonchev–Trinajstić information content (AvgIpc) is 2.84. The fourth-order valence-electron chi connectivity index (χ4n) is 2.02. The molecule has 3 aromatic rings. The fraction of sp³-hybridized carbons (Fsp3) is 0.154. The molecule has 0 unspecified atom stereocenters. The third kappa shape index (κ3) is 2.28. The zero-order valence-corrected chi connectivity index (χ0v) is 12.9. The predicted molar refractivity (Wildman–Crippen MR) is 77.2 cm³/mol. The quantitative estimate of drug-likeness (QED) is 0.723. The van der Waals surface area contributed by atoms with Gasteiger partial charge in [-0.05, 0) is 32.0 Å². The van der Waals surface area contributed by atoms with Crippen molar-refractivity contribution in [1.29, 1.82) is 0 Å². The lowest BCUT2D eigenvalue weighted by molar-refractivity contribution is 0.586. The maximum Gasteiger partial charge on any atom is 0.274 e. The van der Waals surface area contributed by atoms with Crippen LogP contribution in [0.3, 0.4) is 0 Å². The lowest BCUT2D eigenvalue weighted by atomic mass is 10.4. The SMILES string of the molecule is Cc1cc(C)n2nc(S(=O)(=O)c3ccccc3Cl)nc2n1. The first kappa shape index (κ1) is 14.0. The summed E-state index contributed by atoms with van der Waals surface area (Å²) in [6, 6.07) is 8.00. The molecule has 0 N–H and O–H groups in total. The molecule has 0 fully saturated rings. The number of sulfone groups is 1. The molecule has 0 aliphatic heterocycles. The first-order valence-corrected chi connectivity index (χ1v) is 7.96. The van der Waals surface area contributed by atoms with E-state index < -0.39 is 9.84 Å². The van der Waals surface area contributed by atoms with E-state index in [0.29, 0.717) is 0 Å². The van der Waals surface area contributed by atoms with Gasteiger partial charge in [-0.3, -0.25) is 0 Å². The van der Waals surface area contributed by atoms with E-state index in [-0.39, 0.29) is 20.9 Å². The molecule has 2 aromatic heterocycles. The van der Waals surface area contributed by atoms with Gasteiger partial charge in [-0.2, -0.15) is 4.98 Å². The van der Waals surface area contributed by atoms with Crippen molar-refractivity contribution >= 4 is 27.2 Å². The Morgan fingerprint density at radius 2 is 1.86 bits per heavy atom. The number of nitrogens with zero attached hydrogens (tertiary/aromatic N) is 4. The molecule has 6 nitrogen and oxygen atoms in total. The van der Waals surface area contributed by atoms with Gasteiger partial charge in [-0.1, -0.05) is 23.7 Å². The van der Waals surface area contributed by atoms with Gasteiger partial charge in [0.15, 0.2) is 0 Å². The summed E-state index contributed by atoms with van der Waals surface area (Å²) >= 11 is 5.96. The largest absolute Gasteiger partial charge is 0.274 e. The fourth-order valence-corrected chi connectivity index (χ4v) is 3.63. The van der Waals surface area contributed by atoms with Crippen LogP contribution in [0.4, 0.5) is 0 Å². The van der Waals surface area contributed by atoms with Gasteiger partial charge < -0.3 is 0 Å². The molecule has 0 amide bonds. The number of benzene rings is 1. The molecule has 1 aromatic carbocycles. The van der Waals surface area contributed by atoms with Crippen LogP contribution < -0.4 is 0 Å². The van der Waals surface area contributed by atoms with Gasteiger partial charge in [0.05, 0.1) is 9.92 Å². The van der Waals surface area contributed by atoms with Gasteiger partial charge in [0.25, 0.3) is 10.9 Å². The first-order valence-electron chi connectivity index (χ1n) is 6.10. The normalized spacial score (nSPS) is 12.0. The Morgan fingerprint density at radius 1 is 1.14 bits per heavy atom. The van der Waals surface area contributed by atoms with Crippen LogP contribution in [0.25, 0.3) is 5.78 Å². The first-order chi connectivity index (χ1) is 9.89. The van der Waals surface area contributed by atoms with Crippen molar-refractivity contribution in [2.45, 2.75) is 23.9 Å². The number of halogens is 1. The number of rotatable bonds is 2. The van der Waals surface area contributed by atoms with Crippen LogP contribution in [-0.2, 0) is 9.84 Å². The molecular weight excluding hydrogens is 312 g/mol. The molecule has 0 saturated carbocycles. The Hall–Kier alpha value is -1.99. The Morgan fingerprint density at radius 3 is 2.57 bits per heavy atom. The van der Waals surface area contributed by atoms with Crippen molar-refractivity contribution in [1.82, 2.24) is 19.6 Å². The summed E-state index contributed by atoms with van der Waals surface area (Å²) in [4.78, 5) is 8.18. The number of aromatic nitrogens is 4. The van der Waals surface area contributed by atoms with E-state index in [1.807, 2.05) is 13.8 Å². The maximum atomic E-state index is 12.6. The number of hydrogen-bond donors (Lipinski definition) is 0. The zero-order chi connectivity index (χ0) is 15.2. The van der Waals surface area contributed by atoms with Gasteiger partial charge in [0, 0.05) is 11.4 Å². The minimum Gasteiger partial charge on any atom is -0.216 e. The highest BCUT2D eigenvalue weighted by molar-refractivity contribution is 7.91. The van der Waals surface area contributed by atoms with E-state index in [0.717, 1.165) is 11.4 Å². The van der Waals surface area contributed by atoms with Gasteiger partial charge in [-0.15, -0.1) is 5.10 Å². The Bertz CT molecular complexity index is 950. The minimum absolute atomic E-state index is 0.0167.